The first-order valence-corrected chi connectivity index (χ1v) is 5.14. The topological polar surface area (TPSA) is 67.8 Å². The van der Waals surface area contributed by atoms with Gasteiger partial charge in [-0.05, 0) is 19.8 Å². The molecule has 1 rings (SSSR count). The van der Waals surface area contributed by atoms with Gasteiger partial charge in [-0.25, -0.2) is 0 Å². The highest BCUT2D eigenvalue weighted by atomic mass is 16.5. The van der Waals surface area contributed by atoms with E-state index in [0.29, 0.717) is 13.2 Å². The third kappa shape index (κ3) is 3.77. The van der Waals surface area contributed by atoms with Gasteiger partial charge in [-0.2, -0.15) is 0 Å². The molecular weight excluding hydrogens is 198 g/mol. The van der Waals surface area contributed by atoms with Crippen molar-refractivity contribution in [1.82, 2.24) is 5.32 Å². The fourth-order valence-electron chi connectivity index (χ4n) is 1.73. The van der Waals surface area contributed by atoms with Crippen LogP contribution in [0.25, 0.3) is 0 Å². The van der Waals surface area contributed by atoms with E-state index < -0.39 is 12.0 Å². The Balaban J connectivity index is 2.51. The number of carboxylic acid groups (broad SMARTS) is 1. The van der Waals surface area contributed by atoms with Crippen LogP contribution in [0.1, 0.15) is 19.8 Å². The molecule has 0 amide bonds. The van der Waals surface area contributed by atoms with Crippen LogP contribution < -0.4 is 5.32 Å². The van der Waals surface area contributed by atoms with E-state index in [9.17, 15) is 4.79 Å². The van der Waals surface area contributed by atoms with Crippen LogP contribution in [0.2, 0.25) is 0 Å². The first-order chi connectivity index (χ1) is 7.07. The Kier molecular flexibility index (Phi) is 4.50. The lowest BCUT2D eigenvalue weighted by molar-refractivity contribution is -0.142. The fourth-order valence-corrected chi connectivity index (χ4v) is 1.73. The van der Waals surface area contributed by atoms with Crippen molar-refractivity contribution in [2.24, 2.45) is 0 Å². The average molecular weight is 217 g/mol. The molecule has 5 nitrogen and oxygen atoms in total. The number of hydrogen-bond acceptors (Lipinski definition) is 4. The van der Waals surface area contributed by atoms with Gasteiger partial charge < -0.3 is 14.6 Å². The summed E-state index contributed by atoms with van der Waals surface area (Å²) in [6.45, 7) is 3.58. The number of hydrogen-bond donors (Lipinski definition) is 2. The highest BCUT2D eigenvalue weighted by molar-refractivity contribution is 5.73. The van der Waals surface area contributed by atoms with Crippen LogP contribution in [0.3, 0.4) is 0 Å². The lowest BCUT2D eigenvalue weighted by atomic mass is 9.91. The van der Waals surface area contributed by atoms with Gasteiger partial charge in [-0.1, -0.05) is 0 Å². The molecular formula is C10H19NO4. The molecule has 0 saturated carbocycles. The van der Waals surface area contributed by atoms with Gasteiger partial charge >= 0.3 is 5.97 Å². The third-order valence-electron chi connectivity index (χ3n) is 2.75. The van der Waals surface area contributed by atoms with E-state index in [1.54, 1.807) is 0 Å². The van der Waals surface area contributed by atoms with Crippen molar-refractivity contribution < 1.29 is 19.4 Å². The summed E-state index contributed by atoms with van der Waals surface area (Å²) in [6.07, 6.45) is 1.67. The van der Waals surface area contributed by atoms with Crippen LogP contribution in [-0.4, -0.2) is 49.6 Å². The average Bonchev–Trinajstić information content (AvgIpc) is 2.18. The van der Waals surface area contributed by atoms with Crippen LogP contribution in [0.5, 0.6) is 0 Å². The second-order valence-electron chi connectivity index (χ2n) is 4.16. The first kappa shape index (κ1) is 12.4. The largest absolute Gasteiger partial charge is 0.480 e. The number of ether oxygens (including phenoxy) is 2. The van der Waals surface area contributed by atoms with E-state index in [1.807, 2.05) is 6.92 Å². The summed E-state index contributed by atoms with van der Waals surface area (Å²) < 4.78 is 10.1. The lowest BCUT2D eigenvalue weighted by Crippen LogP contribution is -2.55. The zero-order valence-corrected chi connectivity index (χ0v) is 9.28. The van der Waals surface area contributed by atoms with E-state index in [1.165, 1.54) is 7.11 Å². The Morgan fingerprint density at radius 1 is 1.60 bits per heavy atom. The third-order valence-corrected chi connectivity index (χ3v) is 2.75. The number of aliphatic carboxylic acids is 1. The number of nitrogens with one attached hydrogen (secondary N) is 1. The van der Waals surface area contributed by atoms with Crippen LogP contribution in [0.4, 0.5) is 0 Å². The van der Waals surface area contributed by atoms with Gasteiger partial charge in [-0.15, -0.1) is 0 Å². The molecule has 1 heterocycles. The van der Waals surface area contributed by atoms with Gasteiger partial charge in [0.25, 0.3) is 0 Å². The van der Waals surface area contributed by atoms with Gasteiger partial charge in [0.2, 0.25) is 0 Å². The van der Waals surface area contributed by atoms with Crippen LogP contribution in [-0.2, 0) is 14.3 Å². The Morgan fingerprint density at radius 3 is 2.67 bits per heavy atom. The molecule has 15 heavy (non-hydrogen) atoms. The van der Waals surface area contributed by atoms with Crippen LogP contribution in [0, 0.1) is 0 Å². The Hall–Kier alpha value is -0.650. The number of methoxy groups -OCH3 is 1. The molecule has 0 aromatic heterocycles. The van der Waals surface area contributed by atoms with Gasteiger partial charge in [0.15, 0.2) is 0 Å². The molecule has 0 radical (unpaired) electrons. The molecule has 1 atom stereocenters. The van der Waals surface area contributed by atoms with E-state index in [0.717, 1.165) is 12.8 Å². The molecule has 0 aromatic rings. The SMILES string of the molecule is COCC(NC1(C)CCOCC1)C(=O)O. The minimum atomic E-state index is -0.871. The zero-order chi connectivity index (χ0) is 11.3. The molecule has 0 aliphatic carbocycles. The first-order valence-electron chi connectivity index (χ1n) is 5.14. The highest BCUT2D eigenvalue weighted by Crippen LogP contribution is 2.20. The van der Waals surface area contributed by atoms with Gasteiger partial charge in [0, 0.05) is 25.9 Å². The monoisotopic (exact) mass is 217 g/mol. The van der Waals surface area contributed by atoms with E-state index in [-0.39, 0.29) is 12.1 Å². The molecule has 1 aliphatic heterocycles. The maximum atomic E-state index is 10.9. The van der Waals surface area contributed by atoms with E-state index >= 15 is 0 Å². The van der Waals surface area contributed by atoms with Crippen LogP contribution >= 0.6 is 0 Å². The van der Waals surface area contributed by atoms with Gasteiger partial charge in [0.1, 0.15) is 6.04 Å². The van der Waals surface area contributed by atoms with E-state index in [2.05, 4.69) is 5.32 Å². The normalized spacial score (nSPS) is 22.3. The molecule has 2 N–H and O–H groups in total. The Morgan fingerprint density at radius 2 is 2.20 bits per heavy atom. The van der Waals surface area contributed by atoms with Crippen LogP contribution in [0.15, 0.2) is 0 Å². The van der Waals surface area contributed by atoms with Crippen molar-refractivity contribution in [1.29, 1.82) is 0 Å². The minimum Gasteiger partial charge on any atom is -0.480 e. The summed E-state index contributed by atoms with van der Waals surface area (Å²) in [5.41, 5.74) is -0.153. The lowest BCUT2D eigenvalue weighted by Gasteiger charge is -2.36. The summed E-state index contributed by atoms with van der Waals surface area (Å²) in [4.78, 5) is 10.9. The number of rotatable bonds is 5. The summed E-state index contributed by atoms with van der Waals surface area (Å²) in [6, 6.07) is -0.641. The maximum Gasteiger partial charge on any atom is 0.323 e. The summed E-state index contributed by atoms with van der Waals surface area (Å²) >= 11 is 0. The molecule has 1 aliphatic rings. The second-order valence-corrected chi connectivity index (χ2v) is 4.16. The molecule has 88 valence electrons. The minimum absolute atomic E-state index is 0.153. The molecule has 0 bridgehead atoms. The predicted molar refractivity (Wildman–Crippen MR) is 54.9 cm³/mol. The molecule has 0 aromatic carbocycles. The highest BCUT2D eigenvalue weighted by Gasteiger charge is 2.32. The second kappa shape index (κ2) is 5.44. The molecule has 0 spiro atoms. The van der Waals surface area contributed by atoms with Crippen molar-refractivity contribution >= 4 is 5.97 Å². The van der Waals surface area contributed by atoms with Crippen molar-refractivity contribution in [2.75, 3.05) is 26.9 Å². The quantitative estimate of drug-likeness (QED) is 0.690. The number of carboxylic acids is 1. The van der Waals surface area contributed by atoms with Gasteiger partial charge in [-0.3, -0.25) is 10.1 Å². The van der Waals surface area contributed by atoms with E-state index in [4.69, 9.17) is 14.6 Å². The summed E-state index contributed by atoms with van der Waals surface area (Å²) in [5, 5.41) is 12.1. The van der Waals surface area contributed by atoms with Crippen molar-refractivity contribution in [2.45, 2.75) is 31.3 Å². The molecule has 5 heteroatoms. The van der Waals surface area contributed by atoms with Crippen molar-refractivity contribution in [3.8, 4) is 0 Å². The maximum absolute atomic E-state index is 10.9. The molecule has 1 unspecified atom stereocenters. The fraction of sp³-hybridized carbons (Fsp3) is 0.900. The summed E-state index contributed by atoms with van der Waals surface area (Å²) in [7, 11) is 1.50. The Bertz CT molecular complexity index is 213. The number of carbonyl (C=O) groups is 1. The standard InChI is InChI=1S/C10H19NO4/c1-10(3-5-15-6-4-10)11-8(7-14-2)9(12)13/h8,11H,3-7H2,1-2H3,(H,12,13). The Labute approximate surface area is 89.8 Å². The molecule has 1 saturated heterocycles. The summed E-state index contributed by atoms with van der Waals surface area (Å²) in [5.74, 6) is -0.871. The van der Waals surface area contributed by atoms with Gasteiger partial charge in [0.05, 0.1) is 6.61 Å². The molecule has 1 fully saturated rings. The smallest absolute Gasteiger partial charge is 0.323 e. The van der Waals surface area contributed by atoms with Crippen molar-refractivity contribution in [3.05, 3.63) is 0 Å². The van der Waals surface area contributed by atoms with Crippen molar-refractivity contribution in [3.63, 3.8) is 0 Å². The zero-order valence-electron chi connectivity index (χ0n) is 9.28. The predicted octanol–water partition coefficient (Wildman–Crippen LogP) is 0.245.